The van der Waals surface area contributed by atoms with Crippen LogP contribution in [-0.4, -0.2) is 70.6 Å². The lowest BCUT2D eigenvalue weighted by atomic mass is 10.0. The van der Waals surface area contributed by atoms with Crippen molar-refractivity contribution < 1.29 is 4.79 Å². The lowest BCUT2D eigenvalue weighted by molar-refractivity contribution is 0.162. The van der Waals surface area contributed by atoms with Gasteiger partial charge in [0.05, 0.1) is 18.0 Å². The third-order valence-electron chi connectivity index (χ3n) is 6.10. The normalized spacial score (nSPS) is 20.3. The van der Waals surface area contributed by atoms with E-state index in [0.717, 1.165) is 32.5 Å². The number of carbonyl (C=O) groups is 1. The largest absolute Gasteiger partial charge is 0.335 e. The summed E-state index contributed by atoms with van der Waals surface area (Å²) < 4.78 is 0. The number of rotatable bonds is 4. The van der Waals surface area contributed by atoms with Crippen LogP contribution >= 0.6 is 0 Å². The molecule has 31 heavy (non-hydrogen) atoms. The standard InChI is InChI=1S/C23H29N7O/c1-18-16-29(11-12-30(18)22-25-14-20(13-24)15-26-22)23(31)27-21-7-9-28(10-8-21)17-19-5-3-2-4-6-19/h2-6,14-15,18,21H,7-12,16-17H2,1H3,(H,27,31)/t18-/m0/s1. The Bertz CT molecular complexity index is 904. The molecule has 2 aromatic rings. The fourth-order valence-corrected chi connectivity index (χ4v) is 4.31. The number of nitrogens with zero attached hydrogens (tertiary/aromatic N) is 6. The molecule has 8 heteroatoms. The van der Waals surface area contributed by atoms with E-state index in [4.69, 9.17) is 5.26 Å². The van der Waals surface area contributed by atoms with Gasteiger partial charge in [-0.15, -0.1) is 0 Å². The molecular formula is C23H29N7O. The number of likely N-dealkylation sites (tertiary alicyclic amines) is 1. The summed E-state index contributed by atoms with van der Waals surface area (Å²) in [6, 6.07) is 12.9. The van der Waals surface area contributed by atoms with E-state index < -0.39 is 0 Å². The van der Waals surface area contributed by atoms with Gasteiger partial charge in [0.2, 0.25) is 5.95 Å². The molecule has 2 aliphatic heterocycles. The Kier molecular flexibility index (Phi) is 6.63. The van der Waals surface area contributed by atoms with Gasteiger partial charge in [0, 0.05) is 51.4 Å². The van der Waals surface area contributed by atoms with E-state index >= 15 is 0 Å². The van der Waals surface area contributed by atoms with Gasteiger partial charge < -0.3 is 15.1 Å². The Morgan fingerprint density at radius 2 is 1.84 bits per heavy atom. The molecule has 0 unspecified atom stereocenters. The summed E-state index contributed by atoms with van der Waals surface area (Å²) in [7, 11) is 0. The lowest BCUT2D eigenvalue weighted by Gasteiger charge is -2.40. The Labute approximate surface area is 183 Å². The maximum atomic E-state index is 12.8. The van der Waals surface area contributed by atoms with Crippen molar-refractivity contribution in [2.45, 2.75) is 38.4 Å². The van der Waals surface area contributed by atoms with Gasteiger partial charge in [0.25, 0.3) is 0 Å². The van der Waals surface area contributed by atoms with Crippen LogP contribution in [0, 0.1) is 11.3 Å². The molecule has 2 amide bonds. The van der Waals surface area contributed by atoms with E-state index in [2.05, 4.69) is 56.3 Å². The highest BCUT2D eigenvalue weighted by molar-refractivity contribution is 5.75. The van der Waals surface area contributed by atoms with E-state index in [1.165, 1.54) is 18.0 Å². The molecule has 2 fully saturated rings. The van der Waals surface area contributed by atoms with Crippen LogP contribution in [0.25, 0.3) is 0 Å². The molecule has 2 saturated heterocycles. The zero-order valence-electron chi connectivity index (χ0n) is 17.9. The van der Waals surface area contributed by atoms with Gasteiger partial charge in [-0.3, -0.25) is 4.90 Å². The Morgan fingerprint density at radius 3 is 2.48 bits per heavy atom. The first-order valence-electron chi connectivity index (χ1n) is 10.9. The molecule has 2 aliphatic rings. The van der Waals surface area contributed by atoms with Gasteiger partial charge in [-0.25, -0.2) is 14.8 Å². The molecule has 0 aliphatic carbocycles. The Morgan fingerprint density at radius 1 is 1.13 bits per heavy atom. The van der Waals surface area contributed by atoms with Crippen LogP contribution in [0.5, 0.6) is 0 Å². The smallest absolute Gasteiger partial charge is 0.317 e. The number of aromatic nitrogens is 2. The zero-order chi connectivity index (χ0) is 21.6. The Balaban J connectivity index is 1.23. The average molecular weight is 420 g/mol. The molecule has 0 radical (unpaired) electrons. The second kappa shape index (κ2) is 9.75. The van der Waals surface area contributed by atoms with Crippen LogP contribution in [0.3, 0.4) is 0 Å². The maximum absolute atomic E-state index is 12.8. The highest BCUT2D eigenvalue weighted by atomic mass is 16.2. The summed E-state index contributed by atoms with van der Waals surface area (Å²) in [6.45, 7) is 6.98. The number of hydrogen-bond acceptors (Lipinski definition) is 6. The molecule has 0 bridgehead atoms. The van der Waals surface area contributed by atoms with Crippen molar-refractivity contribution in [3.63, 3.8) is 0 Å². The fraction of sp³-hybridized carbons (Fsp3) is 0.478. The van der Waals surface area contributed by atoms with Gasteiger partial charge in [-0.1, -0.05) is 30.3 Å². The fourth-order valence-electron chi connectivity index (χ4n) is 4.31. The minimum Gasteiger partial charge on any atom is -0.335 e. The number of urea groups is 1. The van der Waals surface area contributed by atoms with Gasteiger partial charge in [-0.05, 0) is 25.3 Å². The second-order valence-electron chi connectivity index (χ2n) is 8.36. The number of nitriles is 1. The third-order valence-corrected chi connectivity index (χ3v) is 6.10. The molecule has 1 aromatic heterocycles. The minimum absolute atomic E-state index is 0.0220. The number of anilines is 1. The summed E-state index contributed by atoms with van der Waals surface area (Å²) in [6.07, 6.45) is 5.04. The highest BCUT2D eigenvalue weighted by Gasteiger charge is 2.30. The van der Waals surface area contributed by atoms with E-state index in [9.17, 15) is 4.79 Å². The number of hydrogen-bond donors (Lipinski definition) is 1. The van der Waals surface area contributed by atoms with E-state index in [1.807, 2.05) is 17.0 Å². The monoisotopic (exact) mass is 419 g/mol. The first-order chi connectivity index (χ1) is 15.1. The molecule has 1 atom stereocenters. The SMILES string of the molecule is C[C@H]1CN(C(=O)NC2CCN(Cc3ccccc3)CC2)CCN1c1ncc(C#N)cn1. The number of amides is 2. The van der Waals surface area contributed by atoms with Gasteiger partial charge in [0.1, 0.15) is 6.07 Å². The van der Waals surface area contributed by atoms with Gasteiger partial charge in [0.15, 0.2) is 0 Å². The third kappa shape index (κ3) is 5.30. The minimum atomic E-state index is 0.0220. The van der Waals surface area contributed by atoms with E-state index in [0.29, 0.717) is 31.1 Å². The second-order valence-corrected chi connectivity index (χ2v) is 8.36. The van der Waals surface area contributed by atoms with Crippen LogP contribution in [0.4, 0.5) is 10.7 Å². The number of nitrogens with one attached hydrogen (secondary N) is 1. The topological polar surface area (TPSA) is 88.4 Å². The maximum Gasteiger partial charge on any atom is 0.317 e. The average Bonchev–Trinajstić information content (AvgIpc) is 2.81. The molecule has 162 valence electrons. The van der Waals surface area contributed by atoms with Crippen LogP contribution < -0.4 is 10.2 Å². The van der Waals surface area contributed by atoms with Crippen LogP contribution in [0.2, 0.25) is 0 Å². The molecular weight excluding hydrogens is 390 g/mol. The Hall–Kier alpha value is -3.18. The van der Waals surface area contributed by atoms with E-state index in [1.54, 1.807) is 0 Å². The zero-order valence-corrected chi connectivity index (χ0v) is 17.9. The van der Waals surface area contributed by atoms with Crippen molar-refractivity contribution in [2.75, 3.05) is 37.6 Å². The van der Waals surface area contributed by atoms with Crippen molar-refractivity contribution >= 4 is 12.0 Å². The number of piperidine rings is 1. The van der Waals surface area contributed by atoms with Crippen molar-refractivity contribution in [1.82, 2.24) is 25.1 Å². The van der Waals surface area contributed by atoms with Crippen molar-refractivity contribution in [3.8, 4) is 6.07 Å². The first kappa shape index (κ1) is 21.1. The first-order valence-corrected chi connectivity index (χ1v) is 10.9. The molecule has 3 heterocycles. The van der Waals surface area contributed by atoms with Crippen LogP contribution in [-0.2, 0) is 6.54 Å². The predicted octanol–water partition coefficient (Wildman–Crippen LogP) is 2.23. The molecule has 0 spiro atoms. The number of benzene rings is 1. The van der Waals surface area contributed by atoms with Crippen LogP contribution in [0.15, 0.2) is 42.7 Å². The van der Waals surface area contributed by atoms with Crippen molar-refractivity contribution in [2.24, 2.45) is 0 Å². The summed E-state index contributed by atoms with van der Waals surface area (Å²) in [5.41, 5.74) is 1.78. The lowest BCUT2D eigenvalue weighted by Crippen LogP contribution is -2.58. The van der Waals surface area contributed by atoms with Gasteiger partial charge >= 0.3 is 6.03 Å². The van der Waals surface area contributed by atoms with Crippen molar-refractivity contribution in [3.05, 3.63) is 53.9 Å². The molecule has 8 nitrogen and oxygen atoms in total. The predicted molar refractivity (Wildman–Crippen MR) is 118 cm³/mol. The summed E-state index contributed by atoms with van der Waals surface area (Å²) in [5, 5.41) is 12.1. The van der Waals surface area contributed by atoms with Crippen molar-refractivity contribution in [1.29, 1.82) is 5.26 Å². The highest BCUT2D eigenvalue weighted by Crippen LogP contribution is 2.18. The van der Waals surface area contributed by atoms with Gasteiger partial charge in [-0.2, -0.15) is 5.26 Å². The molecule has 1 aromatic carbocycles. The number of piperazine rings is 1. The molecule has 1 N–H and O–H groups in total. The molecule has 0 saturated carbocycles. The summed E-state index contributed by atoms with van der Waals surface area (Å²) >= 11 is 0. The molecule has 4 rings (SSSR count). The quantitative estimate of drug-likeness (QED) is 0.818. The number of carbonyl (C=O) groups excluding carboxylic acids is 1. The van der Waals surface area contributed by atoms with E-state index in [-0.39, 0.29) is 18.1 Å². The summed E-state index contributed by atoms with van der Waals surface area (Å²) in [5.74, 6) is 0.609. The van der Waals surface area contributed by atoms with Crippen LogP contribution in [0.1, 0.15) is 30.9 Å². The summed E-state index contributed by atoms with van der Waals surface area (Å²) in [4.78, 5) is 27.8.